The number of likely N-dealkylation sites (tertiary alicyclic amines) is 2. The van der Waals surface area contributed by atoms with Crippen molar-refractivity contribution >= 4 is 12.0 Å². The summed E-state index contributed by atoms with van der Waals surface area (Å²) in [6, 6.07) is 1.86. The van der Waals surface area contributed by atoms with Crippen LogP contribution >= 0.6 is 0 Å². The quantitative estimate of drug-likeness (QED) is 0.801. The Hall–Kier alpha value is -1.81. The number of nitriles is 1. The molecule has 0 radical (unpaired) electrons. The number of nitrogens with zero attached hydrogens (tertiary/aromatic N) is 3. The molecule has 0 aromatic rings. The fourth-order valence-electron chi connectivity index (χ4n) is 4.67. The van der Waals surface area contributed by atoms with E-state index in [0.717, 1.165) is 19.3 Å². The van der Waals surface area contributed by atoms with Crippen LogP contribution < -0.4 is 5.32 Å². The van der Waals surface area contributed by atoms with Gasteiger partial charge in [-0.15, -0.1) is 0 Å². The minimum Gasteiger partial charge on any atom is -0.444 e. The third-order valence-corrected chi connectivity index (χ3v) is 5.98. The van der Waals surface area contributed by atoms with E-state index in [4.69, 9.17) is 4.74 Å². The van der Waals surface area contributed by atoms with Crippen molar-refractivity contribution in [2.75, 3.05) is 13.1 Å². The van der Waals surface area contributed by atoms with Gasteiger partial charge in [-0.3, -0.25) is 9.69 Å². The lowest BCUT2D eigenvalue weighted by atomic mass is 9.94. The first-order chi connectivity index (χ1) is 13.3. The Morgan fingerprint density at radius 3 is 2.39 bits per heavy atom. The highest BCUT2D eigenvalue weighted by Crippen LogP contribution is 2.28. The lowest BCUT2D eigenvalue weighted by Gasteiger charge is -2.31. The fraction of sp³-hybridized carbons (Fsp3) is 0.857. The van der Waals surface area contributed by atoms with Crippen molar-refractivity contribution < 1.29 is 14.3 Å². The number of nitrogens with one attached hydrogen (secondary N) is 1. The van der Waals surface area contributed by atoms with E-state index in [1.165, 1.54) is 19.3 Å². The average Bonchev–Trinajstić information content (AvgIpc) is 3.27. The third-order valence-electron chi connectivity index (χ3n) is 5.98. The van der Waals surface area contributed by atoms with Crippen LogP contribution in [0.2, 0.25) is 0 Å². The molecule has 3 aliphatic rings. The first kappa shape index (κ1) is 20.9. The highest BCUT2D eigenvalue weighted by atomic mass is 16.6. The van der Waals surface area contributed by atoms with Crippen molar-refractivity contribution in [1.29, 1.82) is 5.26 Å². The molecular formula is C21H34N4O3. The van der Waals surface area contributed by atoms with Crippen molar-refractivity contribution in [2.24, 2.45) is 0 Å². The Morgan fingerprint density at radius 2 is 1.75 bits per heavy atom. The highest BCUT2D eigenvalue weighted by molar-refractivity contribution is 5.87. The van der Waals surface area contributed by atoms with E-state index < -0.39 is 17.7 Å². The van der Waals surface area contributed by atoms with Gasteiger partial charge >= 0.3 is 6.09 Å². The standard InChI is InChI=1S/C21H34N4O3/c1-21(2,3)28-20(27)25-14-16(23-15-8-5-4-6-9-15)12-18(25)19(26)24-11-7-10-17(24)13-22/h15-18,23H,4-12,14H2,1-3H3/t16-,17?,18-/m0/s1. The zero-order chi connectivity index (χ0) is 20.3. The Kier molecular flexibility index (Phi) is 6.49. The molecule has 3 fully saturated rings. The Morgan fingerprint density at radius 1 is 1.04 bits per heavy atom. The summed E-state index contributed by atoms with van der Waals surface area (Å²) in [7, 11) is 0. The molecule has 0 aromatic carbocycles. The molecule has 2 amide bonds. The van der Waals surface area contributed by atoms with Crippen molar-refractivity contribution in [3.8, 4) is 6.07 Å². The van der Waals surface area contributed by atoms with Crippen molar-refractivity contribution in [1.82, 2.24) is 15.1 Å². The lowest BCUT2D eigenvalue weighted by Crippen LogP contribution is -2.50. The first-order valence-electron chi connectivity index (χ1n) is 10.7. The summed E-state index contributed by atoms with van der Waals surface area (Å²) < 4.78 is 5.58. The second kappa shape index (κ2) is 8.69. The molecule has 28 heavy (non-hydrogen) atoms. The predicted octanol–water partition coefficient (Wildman–Crippen LogP) is 2.80. The van der Waals surface area contributed by atoms with Crippen LogP contribution in [-0.2, 0) is 9.53 Å². The topological polar surface area (TPSA) is 85.7 Å². The number of hydrogen-bond donors (Lipinski definition) is 1. The lowest BCUT2D eigenvalue weighted by molar-refractivity contribution is -0.135. The van der Waals surface area contributed by atoms with Crippen LogP contribution in [0.1, 0.15) is 72.1 Å². The molecule has 1 saturated carbocycles. The van der Waals surface area contributed by atoms with Gasteiger partial charge in [0.25, 0.3) is 0 Å². The number of carbonyl (C=O) groups excluding carboxylic acids is 2. The molecule has 7 nitrogen and oxygen atoms in total. The van der Waals surface area contributed by atoms with E-state index in [9.17, 15) is 14.9 Å². The molecule has 3 rings (SSSR count). The van der Waals surface area contributed by atoms with Gasteiger partial charge in [-0.1, -0.05) is 19.3 Å². The SMILES string of the molecule is CC(C)(C)OC(=O)N1C[C@@H](NC2CCCCC2)C[C@H]1C(=O)N1CCCC1C#N. The summed E-state index contributed by atoms with van der Waals surface area (Å²) >= 11 is 0. The molecule has 0 spiro atoms. The van der Waals surface area contributed by atoms with E-state index in [2.05, 4.69) is 11.4 Å². The van der Waals surface area contributed by atoms with Crippen LogP contribution in [0, 0.1) is 11.3 Å². The first-order valence-corrected chi connectivity index (χ1v) is 10.7. The van der Waals surface area contributed by atoms with Gasteiger partial charge in [-0.25, -0.2) is 4.79 Å². The molecular weight excluding hydrogens is 356 g/mol. The van der Waals surface area contributed by atoms with Gasteiger partial charge in [0.2, 0.25) is 5.91 Å². The number of rotatable bonds is 3. The maximum absolute atomic E-state index is 13.2. The molecule has 156 valence electrons. The molecule has 1 N–H and O–H groups in total. The predicted molar refractivity (Wildman–Crippen MR) is 105 cm³/mol. The summed E-state index contributed by atoms with van der Waals surface area (Å²) in [5.74, 6) is -0.108. The molecule has 0 bridgehead atoms. The minimum absolute atomic E-state index is 0.0905. The molecule has 2 saturated heterocycles. The fourth-order valence-corrected chi connectivity index (χ4v) is 4.67. The van der Waals surface area contributed by atoms with E-state index in [1.54, 1.807) is 9.80 Å². The smallest absolute Gasteiger partial charge is 0.411 e. The number of carbonyl (C=O) groups is 2. The average molecular weight is 391 g/mol. The zero-order valence-electron chi connectivity index (χ0n) is 17.4. The number of amides is 2. The van der Waals surface area contributed by atoms with Gasteiger partial charge in [0, 0.05) is 25.2 Å². The molecule has 1 aliphatic carbocycles. The van der Waals surface area contributed by atoms with Gasteiger partial charge in [-0.2, -0.15) is 5.26 Å². The van der Waals surface area contributed by atoms with Crippen LogP contribution in [-0.4, -0.2) is 64.7 Å². The largest absolute Gasteiger partial charge is 0.444 e. The second-order valence-corrected chi connectivity index (χ2v) is 9.40. The monoisotopic (exact) mass is 390 g/mol. The Labute approximate surface area is 168 Å². The van der Waals surface area contributed by atoms with Gasteiger partial charge in [0.15, 0.2) is 0 Å². The van der Waals surface area contributed by atoms with Crippen LogP contribution in [0.25, 0.3) is 0 Å². The summed E-state index contributed by atoms with van der Waals surface area (Å²) in [5, 5.41) is 13.0. The van der Waals surface area contributed by atoms with Crippen LogP contribution in [0.3, 0.4) is 0 Å². The molecule has 0 aromatic heterocycles. The zero-order valence-corrected chi connectivity index (χ0v) is 17.4. The van der Waals surface area contributed by atoms with E-state index in [-0.39, 0.29) is 18.0 Å². The molecule has 1 unspecified atom stereocenters. The molecule has 2 aliphatic heterocycles. The normalized spacial score (nSPS) is 29.0. The van der Waals surface area contributed by atoms with Gasteiger partial charge in [0.1, 0.15) is 17.7 Å². The van der Waals surface area contributed by atoms with E-state index in [0.29, 0.717) is 32.0 Å². The Bertz CT molecular complexity index is 618. The maximum atomic E-state index is 13.2. The number of ether oxygens (including phenoxy) is 1. The minimum atomic E-state index is -0.609. The second-order valence-electron chi connectivity index (χ2n) is 9.40. The summed E-state index contributed by atoms with van der Waals surface area (Å²) in [4.78, 5) is 29.3. The highest BCUT2D eigenvalue weighted by Gasteiger charge is 2.45. The van der Waals surface area contributed by atoms with Crippen molar-refractivity contribution in [3.05, 3.63) is 0 Å². The summed E-state index contributed by atoms with van der Waals surface area (Å²) in [6.07, 6.45) is 7.78. The number of hydrogen-bond acceptors (Lipinski definition) is 5. The molecule has 3 atom stereocenters. The third kappa shape index (κ3) is 4.96. The van der Waals surface area contributed by atoms with Gasteiger partial charge in [0.05, 0.1) is 6.07 Å². The molecule has 2 heterocycles. The van der Waals surface area contributed by atoms with Crippen LogP contribution in [0.5, 0.6) is 0 Å². The van der Waals surface area contributed by atoms with Crippen molar-refractivity contribution in [3.63, 3.8) is 0 Å². The summed E-state index contributed by atoms with van der Waals surface area (Å²) in [5.41, 5.74) is -0.609. The molecule has 7 heteroatoms. The van der Waals surface area contributed by atoms with Crippen molar-refractivity contribution in [2.45, 2.75) is 102 Å². The van der Waals surface area contributed by atoms with Gasteiger partial charge in [-0.05, 0) is 52.9 Å². The van der Waals surface area contributed by atoms with E-state index in [1.807, 2.05) is 20.8 Å². The van der Waals surface area contributed by atoms with Crippen LogP contribution in [0.4, 0.5) is 4.79 Å². The summed E-state index contributed by atoms with van der Waals surface area (Å²) in [6.45, 7) is 6.58. The van der Waals surface area contributed by atoms with Gasteiger partial charge < -0.3 is 15.0 Å². The van der Waals surface area contributed by atoms with E-state index >= 15 is 0 Å². The van der Waals surface area contributed by atoms with Crippen LogP contribution in [0.15, 0.2) is 0 Å². The Balaban J connectivity index is 1.72. The maximum Gasteiger partial charge on any atom is 0.411 e.